The number of ether oxygens (including phenoxy) is 4. The number of esters is 1. The van der Waals surface area contributed by atoms with Crippen LogP contribution in [-0.2, 0) is 25.4 Å². The average molecular weight is 520 g/mol. The van der Waals surface area contributed by atoms with Gasteiger partial charge in [-0.25, -0.2) is 14.4 Å². The van der Waals surface area contributed by atoms with Crippen molar-refractivity contribution in [2.45, 2.75) is 83.7 Å². The Balaban J connectivity index is 1.48. The molecule has 2 saturated heterocycles. The summed E-state index contributed by atoms with van der Waals surface area (Å²) < 4.78 is 21.5. The topological polar surface area (TPSA) is 107 Å². The van der Waals surface area contributed by atoms with Crippen molar-refractivity contribution in [3.63, 3.8) is 0 Å². The summed E-state index contributed by atoms with van der Waals surface area (Å²) in [5.41, 5.74) is 0.129. The fourth-order valence-corrected chi connectivity index (χ4v) is 4.57. The number of nitrogens with zero attached hydrogens (tertiary/aromatic N) is 2. The summed E-state index contributed by atoms with van der Waals surface area (Å²) in [5.74, 6) is 0.0619. The van der Waals surface area contributed by atoms with E-state index >= 15 is 0 Å². The first kappa shape index (κ1) is 28.6. The second kappa shape index (κ2) is 12.5. The van der Waals surface area contributed by atoms with E-state index in [4.69, 9.17) is 18.9 Å². The maximum atomic E-state index is 12.4. The Kier molecular flexibility index (Phi) is 9.64. The standard InChI is InChI=1S/C27H41N3O7/c1-18(2)29-13-11-20(12-14-29)30-16-22(36-26(30)33)17-35-21-9-7-19(8-10-21)15-23(24(31)34-6)28-25(32)37-27(3,4)5/h7-10,18,20,22-23H,11-17H2,1-6H3,(H,28,32). The first-order chi connectivity index (χ1) is 17.4. The number of carbonyl (C=O) groups is 3. The summed E-state index contributed by atoms with van der Waals surface area (Å²) in [6.07, 6.45) is 0.871. The molecule has 10 nitrogen and oxygen atoms in total. The van der Waals surface area contributed by atoms with Crippen LogP contribution in [0.2, 0.25) is 0 Å². The summed E-state index contributed by atoms with van der Waals surface area (Å²) in [7, 11) is 1.27. The summed E-state index contributed by atoms with van der Waals surface area (Å²) in [5, 5.41) is 2.57. The van der Waals surface area contributed by atoms with E-state index in [0.29, 0.717) is 18.3 Å². The highest BCUT2D eigenvalue weighted by atomic mass is 16.6. The van der Waals surface area contributed by atoms with Gasteiger partial charge < -0.3 is 34.1 Å². The minimum Gasteiger partial charge on any atom is -0.490 e. The van der Waals surface area contributed by atoms with E-state index in [-0.39, 0.29) is 31.3 Å². The monoisotopic (exact) mass is 519 g/mol. The van der Waals surface area contributed by atoms with Crippen molar-refractivity contribution in [1.29, 1.82) is 0 Å². The lowest BCUT2D eigenvalue weighted by Gasteiger charge is -2.37. The largest absolute Gasteiger partial charge is 0.490 e. The molecule has 0 aliphatic carbocycles. The molecule has 206 valence electrons. The lowest BCUT2D eigenvalue weighted by atomic mass is 10.0. The maximum Gasteiger partial charge on any atom is 0.410 e. The Hall–Kier alpha value is -3.01. The summed E-state index contributed by atoms with van der Waals surface area (Å²) in [6.45, 7) is 12.4. The number of likely N-dealkylation sites (tertiary alicyclic amines) is 1. The lowest BCUT2D eigenvalue weighted by molar-refractivity contribution is -0.143. The fourth-order valence-electron chi connectivity index (χ4n) is 4.57. The van der Waals surface area contributed by atoms with Crippen molar-refractivity contribution >= 4 is 18.2 Å². The van der Waals surface area contributed by atoms with Gasteiger partial charge in [0, 0.05) is 31.6 Å². The molecule has 37 heavy (non-hydrogen) atoms. The number of amides is 2. The van der Waals surface area contributed by atoms with Gasteiger partial charge in [-0.15, -0.1) is 0 Å². The Morgan fingerprint density at radius 2 is 1.78 bits per heavy atom. The van der Waals surface area contributed by atoms with Crippen LogP contribution < -0.4 is 10.1 Å². The summed E-state index contributed by atoms with van der Waals surface area (Å²) >= 11 is 0. The predicted molar refractivity (Wildman–Crippen MR) is 138 cm³/mol. The zero-order valence-electron chi connectivity index (χ0n) is 22.8. The lowest BCUT2D eigenvalue weighted by Crippen LogP contribution is -2.47. The number of rotatable bonds is 9. The third kappa shape index (κ3) is 8.52. The van der Waals surface area contributed by atoms with Crippen molar-refractivity contribution in [3.8, 4) is 5.75 Å². The van der Waals surface area contributed by atoms with Crippen LogP contribution in [0.15, 0.2) is 24.3 Å². The van der Waals surface area contributed by atoms with Gasteiger partial charge in [0.1, 0.15) is 24.0 Å². The molecule has 0 spiro atoms. The van der Waals surface area contributed by atoms with Crippen LogP contribution in [0.5, 0.6) is 5.75 Å². The van der Waals surface area contributed by atoms with Gasteiger partial charge in [0.25, 0.3) is 0 Å². The van der Waals surface area contributed by atoms with Crippen LogP contribution in [0, 0.1) is 0 Å². The molecule has 0 bridgehead atoms. The Labute approximate surface area is 219 Å². The van der Waals surface area contributed by atoms with Crippen LogP contribution in [0.4, 0.5) is 9.59 Å². The second-order valence-electron chi connectivity index (χ2n) is 10.9. The molecule has 0 aromatic heterocycles. The highest BCUT2D eigenvalue weighted by Crippen LogP contribution is 2.24. The molecule has 3 rings (SSSR count). The molecule has 2 aliphatic rings. The maximum absolute atomic E-state index is 12.4. The average Bonchev–Trinajstić information content (AvgIpc) is 3.21. The van der Waals surface area contributed by atoms with E-state index in [1.54, 1.807) is 32.9 Å². The second-order valence-corrected chi connectivity index (χ2v) is 10.9. The van der Waals surface area contributed by atoms with Crippen LogP contribution in [0.25, 0.3) is 0 Å². The van der Waals surface area contributed by atoms with Crippen molar-refractivity contribution < 1.29 is 33.3 Å². The quantitative estimate of drug-likeness (QED) is 0.391. The van der Waals surface area contributed by atoms with Gasteiger partial charge in [0.15, 0.2) is 6.10 Å². The zero-order valence-corrected chi connectivity index (χ0v) is 22.8. The molecule has 2 unspecified atom stereocenters. The molecule has 0 saturated carbocycles. The summed E-state index contributed by atoms with van der Waals surface area (Å²) in [6, 6.07) is 7.05. The number of cyclic esters (lactones) is 1. The Morgan fingerprint density at radius 1 is 1.14 bits per heavy atom. The van der Waals surface area contributed by atoms with E-state index in [0.717, 1.165) is 31.5 Å². The number of methoxy groups -OCH3 is 1. The Bertz CT molecular complexity index is 921. The van der Waals surface area contributed by atoms with E-state index < -0.39 is 23.7 Å². The molecule has 2 aliphatic heterocycles. The number of benzene rings is 1. The fraction of sp³-hybridized carbons (Fsp3) is 0.667. The summed E-state index contributed by atoms with van der Waals surface area (Å²) in [4.78, 5) is 41.0. The number of piperidine rings is 1. The molecule has 10 heteroatoms. The van der Waals surface area contributed by atoms with Gasteiger partial charge in [-0.3, -0.25) is 0 Å². The molecule has 1 aromatic carbocycles. The van der Waals surface area contributed by atoms with Gasteiger partial charge in [0.2, 0.25) is 0 Å². The molecule has 1 aromatic rings. The highest BCUT2D eigenvalue weighted by molar-refractivity contribution is 5.81. The van der Waals surface area contributed by atoms with Gasteiger partial charge in [-0.1, -0.05) is 12.1 Å². The van der Waals surface area contributed by atoms with Crippen LogP contribution in [-0.4, -0.2) is 91.1 Å². The smallest absolute Gasteiger partial charge is 0.410 e. The van der Waals surface area contributed by atoms with Crippen LogP contribution in [0.1, 0.15) is 53.0 Å². The van der Waals surface area contributed by atoms with E-state index in [9.17, 15) is 14.4 Å². The van der Waals surface area contributed by atoms with Crippen molar-refractivity contribution in [2.24, 2.45) is 0 Å². The molecule has 2 amide bonds. The molecular formula is C27H41N3O7. The van der Waals surface area contributed by atoms with E-state index in [2.05, 4.69) is 24.1 Å². The van der Waals surface area contributed by atoms with Gasteiger partial charge in [-0.2, -0.15) is 0 Å². The van der Waals surface area contributed by atoms with Crippen LogP contribution >= 0.6 is 0 Å². The number of hydrogen-bond acceptors (Lipinski definition) is 8. The molecule has 1 N–H and O–H groups in total. The van der Waals surface area contributed by atoms with E-state index in [1.807, 2.05) is 17.0 Å². The minimum atomic E-state index is -0.886. The van der Waals surface area contributed by atoms with Gasteiger partial charge >= 0.3 is 18.2 Å². The normalized spacial score (nSPS) is 19.9. The molecule has 2 atom stereocenters. The number of alkyl carbamates (subject to hydrolysis) is 1. The number of nitrogens with one attached hydrogen (secondary N) is 1. The predicted octanol–water partition coefficient (Wildman–Crippen LogP) is 3.37. The number of hydrogen-bond donors (Lipinski definition) is 1. The third-order valence-corrected chi connectivity index (χ3v) is 6.55. The zero-order chi connectivity index (χ0) is 27.2. The van der Waals surface area contributed by atoms with Crippen molar-refractivity contribution in [3.05, 3.63) is 29.8 Å². The first-order valence-electron chi connectivity index (χ1n) is 13.0. The van der Waals surface area contributed by atoms with Crippen LogP contribution in [0.3, 0.4) is 0 Å². The van der Waals surface area contributed by atoms with Gasteiger partial charge in [0.05, 0.1) is 13.7 Å². The highest BCUT2D eigenvalue weighted by Gasteiger charge is 2.38. The SMILES string of the molecule is COC(=O)C(Cc1ccc(OCC2CN(C3CCN(C(C)C)CC3)C(=O)O2)cc1)NC(=O)OC(C)(C)C. The first-order valence-corrected chi connectivity index (χ1v) is 13.0. The third-order valence-electron chi connectivity index (χ3n) is 6.55. The molecule has 2 fully saturated rings. The molecule has 2 heterocycles. The molecular weight excluding hydrogens is 478 g/mol. The van der Waals surface area contributed by atoms with Crippen molar-refractivity contribution in [2.75, 3.05) is 33.4 Å². The Morgan fingerprint density at radius 3 is 2.35 bits per heavy atom. The van der Waals surface area contributed by atoms with Gasteiger partial charge in [-0.05, 0) is 65.2 Å². The van der Waals surface area contributed by atoms with E-state index in [1.165, 1.54) is 7.11 Å². The number of carbonyl (C=O) groups excluding carboxylic acids is 3. The van der Waals surface area contributed by atoms with Crippen molar-refractivity contribution in [1.82, 2.24) is 15.1 Å². The molecule has 0 radical (unpaired) electrons. The minimum absolute atomic E-state index is 0.212.